The van der Waals surface area contributed by atoms with Crippen molar-refractivity contribution in [1.29, 1.82) is 0 Å². The van der Waals surface area contributed by atoms with Crippen LogP contribution in [0.4, 0.5) is 30.4 Å². The Morgan fingerprint density at radius 3 is 2.52 bits per heavy atom. The number of carbonyl (C=O) groups is 2. The minimum atomic E-state index is -4.61. The maximum absolute atomic E-state index is 14.7. The average Bonchev–Trinajstić information content (AvgIpc) is 3.10. The van der Waals surface area contributed by atoms with E-state index in [0.29, 0.717) is 36.5 Å². The number of anilines is 3. The van der Waals surface area contributed by atoms with Crippen molar-refractivity contribution in [2.45, 2.75) is 82.9 Å². The normalized spacial score (nSPS) is 21.0. The number of aromatic hydroxyl groups is 1. The van der Waals surface area contributed by atoms with Crippen molar-refractivity contribution in [3.05, 3.63) is 68.6 Å². The number of aryl methyl sites for hydroxylation is 1. The van der Waals surface area contributed by atoms with E-state index in [0.717, 1.165) is 31.0 Å². The molecule has 14 nitrogen and oxygen atoms in total. The number of aromatic nitrogens is 5. The molecular formula is C36H39ClF3N9O5. The van der Waals surface area contributed by atoms with Crippen molar-refractivity contribution < 1.29 is 32.6 Å². The molecule has 1 aliphatic heterocycles. The molecule has 0 unspecified atom stereocenters. The summed E-state index contributed by atoms with van der Waals surface area (Å²) in [6.07, 6.45) is 1.51. The molecule has 2 atom stereocenters. The fourth-order valence-electron chi connectivity index (χ4n) is 7.60. The lowest BCUT2D eigenvalue weighted by Gasteiger charge is -2.54. The molecule has 3 aromatic heterocycles. The highest BCUT2D eigenvalue weighted by Crippen LogP contribution is 2.39. The van der Waals surface area contributed by atoms with Gasteiger partial charge in [0, 0.05) is 45.0 Å². The first-order valence-corrected chi connectivity index (χ1v) is 18.0. The molecule has 0 bridgehead atoms. The number of nitrogens with one attached hydrogen (secondary N) is 1. The molecule has 2 saturated carbocycles. The van der Waals surface area contributed by atoms with Crippen molar-refractivity contribution in [2.75, 3.05) is 42.4 Å². The van der Waals surface area contributed by atoms with Crippen molar-refractivity contribution in [2.24, 2.45) is 0 Å². The van der Waals surface area contributed by atoms with E-state index in [9.17, 15) is 32.7 Å². The van der Waals surface area contributed by atoms with Crippen LogP contribution in [-0.2, 0) is 28.7 Å². The molecule has 1 aromatic carbocycles. The van der Waals surface area contributed by atoms with Gasteiger partial charge in [-0.05, 0) is 57.2 Å². The van der Waals surface area contributed by atoms with E-state index < -0.39 is 23.6 Å². The van der Waals surface area contributed by atoms with Crippen LogP contribution in [-0.4, -0.2) is 97.8 Å². The number of pyridine rings is 1. The Balaban J connectivity index is 1.27. The Bertz CT molecular complexity index is 2200. The smallest absolute Gasteiger partial charge is 0.416 e. The standard InChI is InChI=1S/C36H39ClF3N9O5/c1-5-24-31(47-10-11-48(26-9-8-25(26)47)35(53)30-32(51)18(2)42-17-43-30)33(52)29-34(41-15-27(45-29)46(3)20-13-21(14-20)54-4)49(24)16-28(50)44-23-7-6-19(12-22(23)37)36(38,39)40/h6-7,12,15,17,20-21,25-26,51H,5,8-11,13-14,16H2,1-4H3,(H,44,50)/t20?,21?,25-,26-/m0/s1. The number of carbonyl (C=O) groups excluding carboxylic acids is 2. The number of amides is 2. The lowest BCUT2D eigenvalue weighted by atomic mass is 9.81. The molecule has 0 radical (unpaired) electrons. The maximum Gasteiger partial charge on any atom is 0.416 e. The second-order valence-corrected chi connectivity index (χ2v) is 14.3. The van der Waals surface area contributed by atoms with Crippen molar-refractivity contribution in [1.82, 2.24) is 29.4 Å². The first kappa shape index (κ1) is 37.3. The highest BCUT2D eigenvalue weighted by molar-refractivity contribution is 6.33. The number of halogens is 4. The van der Waals surface area contributed by atoms with Gasteiger partial charge in [-0.3, -0.25) is 14.4 Å². The number of methoxy groups -OCH3 is 1. The summed E-state index contributed by atoms with van der Waals surface area (Å²) >= 11 is 6.16. The van der Waals surface area contributed by atoms with Crippen molar-refractivity contribution >= 4 is 51.8 Å². The predicted molar refractivity (Wildman–Crippen MR) is 194 cm³/mol. The van der Waals surface area contributed by atoms with E-state index in [1.165, 1.54) is 6.33 Å². The molecule has 3 aliphatic rings. The summed E-state index contributed by atoms with van der Waals surface area (Å²) < 4.78 is 46.9. The third kappa shape index (κ3) is 6.56. The number of nitrogens with zero attached hydrogens (tertiary/aromatic N) is 8. The number of alkyl halides is 3. The van der Waals surface area contributed by atoms with Crippen LogP contribution in [0.3, 0.4) is 0 Å². The van der Waals surface area contributed by atoms with Gasteiger partial charge in [0.15, 0.2) is 22.6 Å². The molecule has 54 heavy (non-hydrogen) atoms. The predicted octanol–water partition coefficient (Wildman–Crippen LogP) is 4.58. The van der Waals surface area contributed by atoms with E-state index in [1.807, 2.05) is 23.8 Å². The highest BCUT2D eigenvalue weighted by Gasteiger charge is 2.47. The topological polar surface area (TPSA) is 159 Å². The first-order valence-electron chi connectivity index (χ1n) is 17.6. The summed E-state index contributed by atoms with van der Waals surface area (Å²) in [5.41, 5.74) is -0.0697. The van der Waals surface area contributed by atoms with Crippen molar-refractivity contribution in [3.8, 4) is 5.75 Å². The number of rotatable bonds is 9. The molecule has 4 heterocycles. The molecule has 7 rings (SSSR count). The third-order valence-electron chi connectivity index (χ3n) is 10.9. The molecule has 1 saturated heterocycles. The van der Waals surface area contributed by atoms with E-state index in [1.54, 1.807) is 29.7 Å². The van der Waals surface area contributed by atoms with Crippen molar-refractivity contribution in [3.63, 3.8) is 0 Å². The maximum atomic E-state index is 14.7. The second-order valence-electron chi connectivity index (χ2n) is 13.9. The zero-order valence-electron chi connectivity index (χ0n) is 30.0. The quantitative estimate of drug-likeness (QED) is 0.246. The molecule has 3 fully saturated rings. The first-order chi connectivity index (χ1) is 25.7. The zero-order chi connectivity index (χ0) is 38.6. The average molecular weight is 770 g/mol. The van der Waals surface area contributed by atoms with Crippen LogP contribution in [0, 0.1) is 6.92 Å². The third-order valence-corrected chi connectivity index (χ3v) is 11.2. The SMILES string of the molecule is CCc1c(N2CCN(C(=O)c3ncnc(C)c3O)[C@H]3CC[C@@H]32)c(=O)c2nc(N(C)C3CC(OC)C3)cnc2n1CC(=O)Nc1ccc(C(F)(F)F)cc1Cl. The van der Waals surface area contributed by atoms with Crippen LogP contribution >= 0.6 is 11.6 Å². The van der Waals surface area contributed by atoms with Gasteiger partial charge in [-0.2, -0.15) is 13.2 Å². The summed E-state index contributed by atoms with van der Waals surface area (Å²) in [5.74, 6) is -0.842. The fraction of sp³-hybridized carbons (Fsp3) is 0.472. The van der Waals surface area contributed by atoms with Crippen LogP contribution in [0.2, 0.25) is 5.02 Å². The molecule has 2 amide bonds. The summed E-state index contributed by atoms with van der Waals surface area (Å²) in [6.45, 7) is 3.58. The van der Waals surface area contributed by atoms with Gasteiger partial charge >= 0.3 is 6.18 Å². The minimum Gasteiger partial charge on any atom is -0.504 e. The van der Waals surface area contributed by atoms with Crippen LogP contribution in [0.1, 0.15) is 60.0 Å². The number of hydrogen-bond acceptors (Lipinski definition) is 11. The van der Waals surface area contributed by atoms with E-state index in [-0.39, 0.29) is 88.3 Å². The molecule has 18 heteroatoms. The van der Waals surface area contributed by atoms with Gasteiger partial charge < -0.3 is 34.4 Å². The Labute approximate surface area is 312 Å². The summed E-state index contributed by atoms with van der Waals surface area (Å²) in [6, 6.07) is 2.26. The number of fused-ring (bicyclic) bond motifs is 2. The van der Waals surface area contributed by atoms with Crippen LogP contribution in [0.5, 0.6) is 5.75 Å². The highest BCUT2D eigenvalue weighted by atomic mass is 35.5. The Morgan fingerprint density at radius 1 is 1.13 bits per heavy atom. The van der Waals surface area contributed by atoms with Gasteiger partial charge in [0.25, 0.3) is 5.91 Å². The minimum absolute atomic E-state index is 0.00818. The Morgan fingerprint density at radius 2 is 1.87 bits per heavy atom. The van der Waals surface area contributed by atoms with Gasteiger partial charge in [-0.1, -0.05) is 18.5 Å². The summed E-state index contributed by atoms with van der Waals surface area (Å²) in [7, 11) is 3.54. The van der Waals surface area contributed by atoms with Crippen LogP contribution in [0.15, 0.2) is 35.5 Å². The van der Waals surface area contributed by atoms with Gasteiger partial charge in [-0.15, -0.1) is 0 Å². The Hall–Kier alpha value is -5.03. The molecular weight excluding hydrogens is 731 g/mol. The summed E-state index contributed by atoms with van der Waals surface area (Å²) in [4.78, 5) is 65.1. The lowest BCUT2D eigenvalue weighted by Crippen LogP contribution is -2.67. The number of ether oxygens (including phenoxy) is 1. The largest absolute Gasteiger partial charge is 0.504 e. The number of piperazine rings is 1. The second kappa shape index (κ2) is 14.3. The molecule has 2 aliphatic carbocycles. The van der Waals surface area contributed by atoms with Gasteiger partial charge in [0.1, 0.15) is 24.4 Å². The van der Waals surface area contributed by atoms with E-state index in [2.05, 4.69) is 20.3 Å². The van der Waals surface area contributed by atoms with Crippen LogP contribution < -0.4 is 20.5 Å². The molecule has 4 aromatic rings. The Kier molecular flexibility index (Phi) is 9.89. The number of hydrogen-bond donors (Lipinski definition) is 2. The fourth-order valence-corrected chi connectivity index (χ4v) is 7.83. The zero-order valence-corrected chi connectivity index (χ0v) is 30.8. The lowest BCUT2D eigenvalue weighted by molar-refractivity contribution is -0.137. The molecule has 0 spiro atoms. The molecule has 2 N–H and O–H groups in total. The van der Waals surface area contributed by atoms with Gasteiger partial charge in [-0.25, -0.2) is 19.9 Å². The van der Waals surface area contributed by atoms with E-state index in [4.69, 9.17) is 21.3 Å². The van der Waals surface area contributed by atoms with E-state index >= 15 is 0 Å². The molecule has 286 valence electrons. The van der Waals surface area contributed by atoms with Gasteiger partial charge in [0.2, 0.25) is 11.3 Å². The van der Waals surface area contributed by atoms with Crippen LogP contribution in [0.25, 0.3) is 11.2 Å². The summed E-state index contributed by atoms with van der Waals surface area (Å²) in [5, 5.41) is 12.9. The number of benzene rings is 1. The van der Waals surface area contributed by atoms with Gasteiger partial charge in [0.05, 0.1) is 40.3 Å². The monoisotopic (exact) mass is 769 g/mol.